The Hall–Kier alpha value is -0.480. The molecule has 0 aliphatic heterocycles. The Morgan fingerprint density at radius 2 is 2.06 bits per heavy atom. The number of amides is 1. The molecule has 4 heteroatoms. The fourth-order valence-electron chi connectivity index (χ4n) is 1.25. The van der Waals surface area contributed by atoms with Crippen LogP contribution in [0.25, 0.3) is 0 Å². The van der Waals surface area contributed by atoms with Crippen LogP contribution in [0.3, 0.4) is 0 Å². The van der Waals surface area contributed by atoms with Gasteiger partial charge in [-0.1, -0.05) is 41.1 Å². The molecule has 0 aliphatic rings. The predicted molar refractivity (Wildman–Crippen MR) is 73.2 cm³/mol. The summed E-state index contributed by atoms with van der Waals surface area (Å²) in [5.74, 6) is 0.667. The van der Waals surface area contributed by atoms with Gasteiger partial charge in [0, 0.05) is 23.3 Å². The van der Waals surface area contributed by atoms with Crippen molar-refractivity contribution in [1.29, 1.82) is 0 Å². The van der Waals surface area contributed by atoms with Crippen LogP contribution >= 0.6 is 27.7 Å². The van der Waals surface area contributed by atoms with Gasteiger partial charge in [0.05, 0.1) is 5.75 Å². The molecule has 0 heterocycles. The number of carbonyl (C=O) groups is 1. The van der Waals surface area contributed by atoms with E-state index in [2.05, 4.69) is 15.9 Å². The number of alkyl halides is 1. The smallest absolute Gasteiger partial charge is 0.232 e. The molecule has 0 fully saturated rings. The van der Waals surface area contributed by atoms with Crippen molar-refractivity contribution in [2.75, 3.05) is 19.3 Å². The van der Waals surface area contributed by atoms with Crippen molar-refractivity contribution in [1.82, 2.24) is 4.90 Å². The largest absolute Gasteiger partial charge is 0.344 e. The molecule has 1 rings (SSSR count). The number of hydrogen-bond acceptors (Lipinski definition) is 2. The maximum atomic E-state index is 11.7. The molecule has 1 unspecified atom stereocenters. The Balaban J connectivity index is 2.35. The van der Waals surface area contributed by atoms with Crippen LogP contribution in [0, 0.1) is 0 Å². The Bertz CT molecular complexity index is 329. The quantitative estimate of drug-likeness (QED) is 0.615. The lowest BCUT2D eigenvalue weighted by molar-refractivity contribution is -0.127. The van der Waals surface area contributed by atoms with E-state index in [1.54, 1.807) is 16.7 Å². The minimum atomic E-state index is 0.167. The molecule has 1 atom stereocenters. The Morgan fingerprint density at radius 1 is 1.44 bits per heavy atom. The molecule has 1 aromatic carbocycles. The zero-order valence-corrected chi connectivity index (χ0v) is 11.9. The number of thioether (sulfide) groups is 1. The van der Waals surface area contributed by atoms with Gasteiger partial charge in [-0.2, -0.15) is 0 Å². The molecule has 16 heavy (non-hydrogen) atoms. The van der Waals surface area contributed by atoms with Gasteiger partial charge in [-0.25, -0.2) is 0 Å². The highest BCUT2D eigenvalue weighted by molar-refractivity contribution is 9.09. The third kappa shape index (κ3) is 5.03. The SMILES string of the molecule is CC(Br)CN(C)C(=O)CSc1ccccc1. The average Bonchev–Trinajstić information content (AvgIpc) is 2.26. The van der Waals surface area contributed by atoms with E-state index in [0.717, 1.165) is 11.4 Å². The predicted octanol–water partition coefficient (Wildman–Crippen LogP) is 3.02. The summed E-state index contributed by atoms with van der Waals surface area (Å²) in [7, 11) is 1.84. The van der Waals surface area contributed by atoms with E-state index in [1.165, 1.54) is 0 Å². The fourth-order valence-corrected chi connectivity index (χ4v) is 2.55. The minimum absolute atomic E-state index is 0.167. The minimum Gasteiger partial charge on any atom is -0.344 e. The van der Waals surface area contributed by atoms with E-state index >= 15 is 0 Å². The summed E-state index contributed by atoms with van der Waals surface area (Å²) < 4.78 is 0. The van der Waals surface area contributed by atoms with Crippen LogP contribution in [0.15, 0.2) is 35.2 Å². The number of benzene rings is 1. The molecule has 2 nitrogen and oxygen atoms in total. The number of nitrogens with zero attached hydrogens (tertiary/aromatic N) is 1. The maximum absolute atomic E-state index is 11.7. The summed E-state index contributed by atoms with van der Waals surface area (Å²) in [6.45, 7) is 2.78. The second kappa shape index (κ2) is 6.97. The lowest BCUT2D eigenvalue weighted by Gasteiger charge is -2.18. The molecule has 1 aromatic rings. The molecule has 1 amide bonds. The average molecular weight is 302 g/mol. The van der Waals surface area contributed by atoms with Gasteiger partial charge in [-0.3, -0.25) is 4.79 Å². The van der Waals surface area contributed by atoms with Crippen LogP contribution in [-0.2, 0) is 4.79 Å². The number of rotatable bonds is 5. The molecular weight excluding hydrogens is 286 g/mol. The van der Waals surface area contributed by atoms with E-state index in [-0.39, 0.29) is 5.91 Å². The molecule has 0 aromatic heterocycles. The van der Waals surface area contributed by atoms with Crippen molar-refractivity contribution in [3.63, 3.8) is 0 Å². The Kier molecular flexibility index (Phi) is 5.91. The first-order valence-corrected chi connectivity index (χ1v) is 7.05. The maximum Gasteiger partial charge on any atom is 0.232 e. The van der Waals surface area contributed by atoms with Crippen molar-refractivity contribution >= 4 is 33.6 Å². The van der Waals surface area contributed by atoms with Crippen molar-refractivity contribution in [3.8, 4) is 0 Å². The topological polar surface area (TPSA) is 20.3 Å². The molecule has 0 bridgehead atoms. The van der Waals surface area contributed by atoms with Gasteiger partial charge in [-0.15, -0.1) is 11.8 Å². The van der Waals surface area contributed by atoms with Gasteiger partial charge >= 0.3 is 0 Å². The lowest BCUT2D eigenvalue weighted by atomic mass is 10.4. The highest BCUT2D eigenvalue weighted by atomic mass is 79.9. The third-order valence-corrected chi connectivity index (χ3v) is 3.34. The van der Waals surface area contributed by atoms with E-state index in [1.807, 2.05) is 44.3 Å². The van der Waals surface area contributed by atoms with Crippen molar-refractivity contribution in [2.45, 2.75) is 16.6 Å². The molecule has 0 spiro atoms. The molecular formula is C12H16BrNOS. The first-order chi connectivity index (χ1) is 7.59. The van der Waals surface area contributed by atoms with E-state index < -0.39 is 0 Å². The van der Waals surface area contributed by atoms with Gasteiger partial charge in [0.25, 0.3) is 0 Å². The molecule has 0 saturated carbocycles. The molecule has 0 aliphatic carbocycles. The van der Waals surface area contributed by atoms with Gasteiger partial charge in [0.2, 0.25) is 5.91 Å². The first kappa shape index (κ1) is 13.6. The summed E-state index contributed by atoms with van der Waals surface area (Å²) >= 11 is 5.02. The zero-order chi connectivity index (χ0) is 12.0. The third-order valence-electron chi connectivity index (χ3n) is 2.06. The molecule has 0 N–H and O–H groups in total. The Morgan fingerprint density at radius 3 is 2.62 bits per heavy atom. The second-order valence-corrected chi connectivity index (χ2v) is 6.27. The van der Waals surface area contributed by atoms with E-state index in [9.17, 15) is 4.79 Å². The van der Waals surface area contributed by atoms with Crippen LogP contribution in [0.2, 0.25) is 0 Å². The molecule has 88 valence electrons. The monoisotopic (exact) mass is 301 g/mol. The van der Waals surface area contributed by atoms with Crippen LogP contribution in [0.1, 0.15) is 6.92 Å². The second-order valence-electron chi connectivity index (χ2n) is 3.66. The van der Waals surface area contributed by atoms with Crippen LogP contribution < -0.4 is 0 Å². The molecule has 0 saturated heterocycles. The normalized spacial score (nSPS) is 12.2. The summed E-state index contributed by atoms with van der Waals surface area (Å²) in [4.78, 5) is 15.0. The van der Waals surface area contributed by atoms with Gasteiger partial charge in [-0.05, 0) is 12.1 Å². The number of carbonyl (C=O) groups excluding carboxylic acids is 1. The van der Waals surface area contributed by atoms with Crippen molar-refractivity contribution in [2.24, 2.45) is 0 Å². The van der Waals surface area contributed by atoms with Gasteiger partial charge in [0.1, 0.15) is 0 Å². The van der Waals surface area contributed by atoms with Crippen LogP contribution in [0.5, 0.6) is 0 Å². The number of hydrogen-bond donors (Lipinski definition) is 0. The van der Waals surface area contributed by atoms with Gasteiger partial charge < -0.3 is 4.90 Å². The van der Waals surface area contributed by atoms with E-state index in [0.29, 0.717) is 10.6 Å². The van der Waals surface area contributed by atoms with Crippen LogP contribution in [0.4, 0.5) is 0 Å². The summed E-state index contributed by atoms with van der Waals surface area (Å²) in [6, 6.07) is 9.98. The zero-order valence-electron chi connectivity index (χ0n) is 9.52. The fraction of sp³-hybridized carbons (Fsp3) is 0.417. The highest BCUT2D eigenvalue weighted by Crippen LogP contribution is 2.17. The summed E-state index contributed by atoms with van der Waals surface area (Å²) in [6.07, 6.45) is 0. The number of halogens is 1. The standard InChI is InChI=1S/C12H16BrNOS/c1-10(13)8-14(2)12(15)9-16-11-6-4-3-5-7-11/h3-7,10H,8-9H2,1-2H3. The highest BCUT2D eigenvalue weighted by Gasteiger charge is 2.10. The van der Waals surface area contributed by atoms with Crippen molar-refractivity contribution in [3.05, 3.63) is 30.3 Å². The first-order valence-electron chi connectivity index (χ1n) is 5.15. The van der Waals surface area contributed by atoms with Crippen LogP contribution in [-0.4, -0.2) is 35.0 Å². The Labute approximate surface area is 110 Å². The molecule has 0 radical (unpaired) electrons. The van der Waals surface area contributed by atoms with E-state index in [4.69, 9.17) is 0 Å². The lowest BCUT2D eigenvalue weighted by Crippen LogP contribution is -2.32. The summed E-state index contributed by atoms with van der Waals surface area (Å²) in [5.41, 5.74) is 0. The van der Waals surface area contributed by atoms with Crippen molar-refractivity contribution < 1.29 is 4.79 Å². The van der Waals surface area contributed by atoms with Gasteiger partial charge in [0.15, 0.2) is 0 Å². The summed E-state index contributed by atoms with van der Waals surface area (Å²) in [5, 5.41) is 0.